The highest BCUT2D eigenvalue weighted by molar-refractivity contribution is 7.89. The summed E-state index contributed by atoms with van der Waals surface area (Å²) in [4.78, 5) is 14.6. The van der Waals surface area contributed by atoms with Gasteiger partial charge in [0.1, 0.15) is 10.7 Å². The molecule has 0 N–H and O–H groups in total. The molecule has 1 saturated heterocycles. The molecule has 0 bridgehead atoms. The number of aryl methyl sites for hydroxylation is 1. The van der Waals surface area contributed by atoms with Gasteiger partial charge in [-0.1, -0.05) is 31.4 Å². The molecule has 1 aliphatic heterocycles. The lowest BCUT2D eigenvalue weighted by Crippen LogP contribution is -2.50. The van der Waals surface area contributed by atoms with Crippen LogP contribution in [0.15, 0.2) is 35.2 Å². The standard InChI is InChI=1S/C23H30FN3O3S/c1-17-16-20(18(2)27(17)19-8-4-3-5-9-19)23(28)25-12-14-26(15-13-25)31(29,30)22-11-7-6-10-21(22)24/h6-7,10-11,16,19H,3-5,8-9,12-15H2,1-2H3. The summed E-state index contributed by atoms with van der Waals surface area (Å²) in [6, 6.07) is 7.83. The van der Waals surface area contributed by atoms with E-state index >= 15 is 0 Å². The number of amides is 1. The topological polar surface area (TPSA) is 62.6 Å². The van der Waals surface area contributed by atoms with Gasteiger partial charge in [0.25, 0.3) is 5.91 Å². The van der Waals surface area contributed by atoms with Gasteiger partial charge in [0.15, 0.2) is 0 Å². The molecular weight excluding hydrogens is 417 g/mol. The van der Waals surface area contributed by atoms with Crippen LogP contribution in [0, 0.1) is 19.7 Å². The Morgan fingerprint density at radius 2 is 1.65 bits per heavy atom. The molecule has 1 aromatic carbocycles. The van der Waals surface area contributed by atoms with E-state index < -0.39 is 15.8 Å². The van der Waals surface area contributed by atoms with Gasteiger partial charge in [-0.2, -0.15) is 4.31 Å². The third-order valence-corrected chi connectivity index (χ3v) is 8.57. The molecule has 31 heavy (non-hydrogen) atoms. The highest BCUT2D eigenvalue weighted by atomic mass is 32.2. The summed E-state index contributed by atoms with van der Waals surface area (Å²) in [5.41, 5.74) is 2.80. The zero-order valence-electron chi connectivity index (χ0n) is 18.2. The Balaban J connectivity index is 1.47. The van der Waals surface area contributed by atoms with Gasteiger partial charge in [0.2, 0.25) is 10.0 Å². The number of hydrogen-bond donors (Lipinski definition) is 0. The maximum Gasteiger partial charge on any atom is 0.255 e. The Morgan fingerprint density at radius 3 is 2.29 bits per heavy atom. The number of hydrogen-bond acceptors (Lipinski definition) is 3. The molecule has 4 rings (SSSR count). The zero-order chi connectivity index (χ0) is 22.2. The molecule has 8 heteroatoms. The molecule has 1 aromatic heterocycles. The molecule has 2 heterocycles. The van der Waals surface area contributed by atoms with Crippen LogP contribution >= 0.6 is 0 Å². The van der Waals surface area contributed by atoms with Crippen LogP contribution in [-0.4, -0.2) is 54.3 Å². The van der Waals surface area contributed by atoms with E-state index in [1.807, 2.05) is 13.0 Å². The van der Waals surface area contributed by atoms with Gasteiger partial charge in [-0.15, -0.1) is 0 Å². The zero-order valence-corrected chi connectivity index (χ0v) is 19.0. The summed E-state index contributed by atoms with van der Waals surface area (Å²) in [6.45, 7) is 4.96. The van der Waals surface area contributed by atoms with E-state index in [2.05, 4.69) is 11.5 Å². The van der Waals surface area contributed by atoms with Crippen LogP contribution in [0.1, 0.15) is 59.9 Å². The Bertz CT molecular complexity index is 1070. The molecule has 1 aliphatic carbocycles. The Labute approximate surface area is 183 Å². The fraction of sp³-hybridized carbons (Fsp3) is 0.522. The van der Waals surface area contributed by atoms with Crippen molar-refractivity contribution < 1.29 is 17.6 Å². The van der Waals surface area contributed by atoms with Crippen LogP contribution in [0.4, 0.5) is 4.39 Å². The summed E-state index contributed by atoms with van der Waals surface area (Å²) in [7, 11) is -3.92. The van der Waals surface area contributed by atoms with Crippen molar-refractivity contribution in [3.8, 4) is 0 Å². The van der Waals surface area contributed by atoms with E-state index in [4.69, 9.17) is 0 Å². The average molecular weight is 448 g/mol. The second kappa shape index (κ2) is 8.74. The fourth-order valence-electron chi connectivity index (χ4n) is 4.99. The van der Waals surface area contributed by atoms with Crippen LogP contribution < -0.4 is 0 Å². The van der Waals surface area contributed by atoms with Gasteiger partial charge in [-0.05, 0) is 44.9 Å². The number of benzene rings is 1. The highest BCUT2D eigenvalue weighted by Crippen LogP contribution is 2.32. The van der Waals surface area contributed by atoms with Crippen LogP contribution in [0.2, 0.25) is 0 Å². The monoisotopic (exact) mass is 447 g/mol. The molecule has 1 saturated carbocycles. The van der Waals surface area contributed by atoms with Crippen molar-refractivity contribution in [2.45, 2.75) is 56.9 Å². The number of sulfonamides is 1. The first-order valence-corrected chi connectivity index (χ1v) is 12.5. The van der Waals surface area contributed by atoms with E-state index in [0.29, 0.717) is 24.7 Å². The normalized spacial score (nSPS) is 19.0. The number of carbonyl (C=O) groups is 1. The predicted molar refractivity (Wildman–Crippen MR) is 117 cm³/mol. The molecule has 1 amide bonds. The summed E-state index contributed by atoms with van der Waals surface area (Å²) < 4.78 is 43.2. The van der Waals surface area contributed by atoms with Crippen LogP contribution in [0.3, 0.4) is 0 Å². The fourth-order valence-corrected chi connectivity index (χ4v) is 6.48. The summed E-state index contributed by atoms with van der Waals surface area (Å²) in [5.74, 6) is -0.811. The number of piperazine rings is 1. The molecule has 2 aliphatic rings. The molecule has 2 aromatic rings. The van der Waals surface area contributed by atoms with E-state index in [1.54, 1.807) is 4.90 Å². The number of carbonyl (C=O) groups excluding carboxylic acids is 1. The molecular formula is C23H30FN3O3S. The van der Waals surface area contributed by atoms with Crippen LogP contribution in [0.25, 0.3) is 0 Å². The van der Waals surface area contributed by atoms with Gasteiger partial charge in [-0.3, -0.25) is 4.79 Å². The van der Waals surface area contributed by atoms with Gasteiger partial charge in [0.05, 0.1) is 5.56 Å². The van der Waals surface area contributed by atoms with Crippen molar-refractivity contribution >= 4 is 15.9 Å². The van der Waals surface area contributed by atoms with Crippen molar-refractivity contribution in [2.24, 2.45) is 0 Å². The molecule has 0 unspecified atom stereocenters. The summed E-state index contributed by atoms with van der Waals surface area (Å²) >= 11 is 0. The Hall–Kier alpha value is -2.19. The number of halogens is 1. The lowest BCUT2D eigenvalue weighted by Gasteiger charge is -2.34. The molecule has 0 radical (unpaired) electrons. The second-order valence-corrected chi connectivity index (χ2v) is 10.5. The molecule has 6 nitrogen and oxygen atoms in total. The lowest BCUT2D eigenvalue weighted by atomic mass is 9.95. The first-order chi connectivity index (χ1) is 14.8. The van der Waals surface area contributed by atoms with E-state index in [0.717, 1.165) is 30.3 Å². The van der Waals surface area contributed by atoms with Crippen LogP contribution in [0.5, 0.6) is 0 Å². The van der Waals surface area contributed by atoms with Crippen molar-refractivity contribution in [1.82, 2.24) is 13.8 Å². The van der Waals surface area contributed by atoms with Crippen molar-refractivity contribution in [1.29, 1.82) is 0 Å². The van der Waals surface area contributed by atoms with Crippen molar-refractivity contribution in [3.63, 3.8) is 0 Å². The quantitative estimate of drug-likeness (QED) is 0.714. The second-order valence-electron chi connectivity index (χ2n) is 8.57. The van der Waals surface area contributed by atoms with Crippen LogP contribution in [-0.2, 0) is 10.0 Å². The minimum absolute atomic E-state index is 0.0573. The smallest absolute Gasteiger partial charge is 0.255 e. The van der Waals surface area contributed by atoms with Crippen molar-refractivity contribution in [3.05, 3.63) is 53.1 Å². The SMILES string of the molecule is Cc1cc(C(=O)N2CCN(S(=O)(=O)c3ccccc3F)CC2)c(C)n1C1CCCCC1. The third kappa shape index (κ3) is 4.15. The number of nitrogens with zero attached hydrogens (tertiary/aromatic N) is 3. The first-order valence-electron chi connectivity index (χ1n) is 11.0. The number of aromatic nitrogens is 1. The van der Waals surface area contributed by atoms with Gasteiger partial charge in [0, 0.05) is 43.6 Å². The maximum absolute atomic E-state index is 14.0. The highest BCUT2D eigenvalue weighted by Gasteiger charge is 2.33. The van der Waals surface area contributed by atoms with Gasteiger partial charge in [-0.25, -0.2) is 12.8 Å². The Kier molecular flexibility index (Phi) is 6.21. The maximum atomic E-state index is 14.0. The first kappa shape index (κ1) is 22.0. The van der Waals surface area contributed by atoms with E-state index in [9.17, 15) is 17.6 Å². The molecule has 168 valence electrons. The Morgan fingerprint density at radius 1 is 1.00 bits per heavy atom. The largest absolute Gasteiger partial charge is 0.345 e. The molecule has 0 spiro atoms. The summed E-state index contributed by atoms with van der Waals surface area (Å²) in [6.07, 6.45) is 6.03. The summed E-state index contributed by atoms with van der Waals surface area (Å²) in [5, 5.41) is 0. The minimum atomic E-state index is -3.92. The number of rotatable bonds is 4. The van der Waals surface area contributed by atoms with Gasteiger partial charge < -0.3 is 9.47 Å². The van der Waals surface area contributed by atoms with Crippen molar-refractivity contribution in [2.75, 3.05) is 26.2 Å². The van der Waals surface area contributed by atoms with Gasteiger partial charge >= 0.3 is 0 Å². The minimum Gasteiger partial charge on any atom is -0.345 e. The average Bonchev–Trinajstić information content (AvgIpc) is 3.08. The predicted octanol–water partition coefficient (Wildman–Crippen LogP) is 3.90. The van der Waals surface area contributed by atoms with E-state index in [-0.39, 0.29) is 23.9 Å². The lowest BCUT2D eigenvalue weighted by molar-refractivity contribution is 0.0696. The van der Waals surface area contributed by atoms with E-state index in [1.165, 1.54) is 41.8 Å². The third-order valence-electron chi connectivity index (χ3n) is 6.63. The molecule has 2 fully saturated rings. The molecule has 0 atom stereocenters.